The molecule has 0 aliphatic carbocycles. The third kappa shape index (κ3) is 4.16. The predicted octanol–water partition coefficient (Wildman–Crippen LogP) is 2.28. The fourth-order valence-electron chi connectivity index (χ4n) is 3.20. The summed E-state index contributed by atoms with van der Waals surface area (Å²) in [4.78, 5) is 38.4. The van der Waals surface area contributed by atoms with Crippen LogP contribution < -0.4 is 0 Å². The summed E-state index contributed by atoms with van der Waals surface area (Å²) in [6.07, 6.45) is 0.375. The summed E-state index contributed by atoms with van der Waals surface area (Å²) in [7, 11) is 1.29. The SMILES string of the molecule is COC(=O)[C@H]1Cc2ccccc2CN1C(=O)COC(=O)c1cccc(C)c1. The quantitative estimate of drug-likeness (QED) is 0.775. The van der Waals surface area contributed by atoms with E-state index in [0.717, 1.165) is 16.7 Å². The van der Waals surface area contributed by atoms with Gasteiger partial charge in [-0.05, 0) is 30.2 Å². The molecule has 1 aliphatic heterocycles. The molecule has 0 saturated carbocycles. The van der Waals surface area contributed by atoms with Crippen molar-refractivity contribution in [1.29, 1.82) is 0 Å². The normalized spacial score (nSPS) is 15.6. The number of benzene rings is 2. The first-order chi connectivity index (χ1) is 13.0. The van der Waals surface area contributed by atoms with Crippen LogP contribution in [0, 0.1) is 6.92 Å². The van der Waals surface area contributed by atoms with Gasteiger partial charge in [-0.25, -0.2) is 9.59 Å². The number of rotatable bonds is 4. The molecule has 0 unspecified atom stereocenters. The number of nitrogens with zero attached hydrogens (tertiary/aromatic N) is 1. The second-order valence-corrected chi connectivity index (χ2v) is 6.48. The van der Waals surface area contributed by atoms with Crippen LogP contribution in [0.4, 0.5) is 0 Å². The number of amides is 1. The van der Waals surface area contributed by atoms with Gasteiger partial charge < -0.3 is 14.4 Å². The molecule has 27 heavy (non-hydrogen) atoms. The van der Waals surface area contributed by atoms with Crippen LogP contribution in [0.25, 0.3) is 0 Å². The predicted molar refractivity (Wildman–Crippen MR) is 98.0 cm³/mol. The minimum absolute atomic E-state index is 0.275. The minimum Gasteiger partial charge on any atom is -0.467 e. The third-order valence-corrected chi connectivity index (χ3v) is 4.62. The molecule has 0 aromatic heterocycles. The highest BCUT2D eigenvalue weighted by Gasteiger charge is 2.35. The molecule has 0 bridgehead atoms. The summed E-state index contributed by atoms with van der Waals surface area (Å²) in [5.74, 6) is -1.48. The Morgan fingerprint density at radius 2 is 1.81 bits per heavy atom. The van der Waals surface area contributed by atoms with Crippen molar-refractivity contribution in [3.8, 4) is 0 Å². The number of hydrogen-bond donors (Lipinski definition) is 0. The number of esters is 2. The molecule has 1 amide bonds. The average molecular weight is 367 g/mol. The topological polar surface area (TPSA) is 72.9 Å². The average Bonchev–Trinajstić information content (AvgIpc) is 2.70. The van der Waals surface area contributed by atoms with Crippen molar-refractivity contribution in [3.05, 3.63) is 70.8 Å². The summed E-state index contributed by atoms with van der Waals surface area (Å²) in [5.41, 5.74) is 3.29. The summed E-state index contributed by atoms with van der Waals surface area (Å²) < 4.78 is 10.0. The van der Waals surface area contributed by atoms with Crippen molar-refractivity contribution in [1.82, 2.24) is 4.90 Å². The number of ether oxygens (including phenoxy) is 2. The Hall–Kier alpha value is -3.15. The van der Waals surface area contributed by atoms with Crippen LogP contribution in [0.1, 0.15) is 27.0 Å². The first-order valence-electron chi connectivity index (χ1n) is 8.67. The van der Waals surface area contributed by atoms with Crippen LogP contribution >= 0.6 is 0 Å². The maximum Gasteiger partial charge on any atom is 0.338 e. The zero-order valence-electron chi connectivity index (χ0n) is 15.3. The van der Waals surface area contributed by atoms with Gasteiger partial charge in [-0.2, -0.15) is 0 Å². The smallest absolute Gasteiger partial charge is 0.338 e. The van der Waals surface area contributed by atoms with Crippen LogP contribution in [0.15, 0.2) is 48.5 Å². The second-order valence-electron chi connectivity index (χ2n) is 6.48. The maximum atomic E-state index is 12.7. The highest BCUT2D eigenvalue weighted by Crippen LogP contribution is 2.24. The molecular formula is C21H21NO5. The van der Waals surface area contributed by atoms with Crippen LogP contribution in [-0.2, 0) is 32.0 Å². The summed E-state index contributed by atoms with van der Waals surface area (Å²) in [5, 5.41) is 0. The summed E-state index contributed by atoms with van der Waals surface area (Å²) in [6.45, 7) is 1.72. The van der Waals surface area contributed by atoms with E-state index in [1.165, 1.54) is 12.0 Å². The van der Waals surface area contributed by atoms with Crippen molar-refractivity contribution >= 4 is 17.8 Å². The van der Waals surface area contributed by atoms with E-state index in [1.54, 1.807) is 18.2 Å². The van der Waals surface area contributed by atoms with Crippen molar-refractivity contribution in [3.63, 3.8) is 0 Å². The lowest BCUT2D eigenvalue weighted by Gasteiger charge is -2.35. The Bertz CT molecular complexity index is 876. The van der Waals surface area contributed by atoms with Gasteiger partial charge in [0, 0.05) is 13.0 Å². The molecule has 2 aromatic carbocycles. The van der Waals surface area contributed by atoms with E-state index < -0.39 is 30.5 Å². The number of hydrogen-bond acceptors (Lipinski definition) is 5. The first-order valence-corrected chi connectivity index (χ1v) is 8.67. The summed E-state index contributed by atoms with van der Waals surface area (Å²) >= 11 is 0. The van der Waals surface area contributed by atoms with Crippen molar-refractivity contribution in [2.24, 2.45) is 0 Å². The maximum absolute atomic E-state index is 12.7. The third-order valence-electron chi connectivity index (χ3n) is 4.62. The minimum atomic E-state index is -0.727. The number of carbonyl (C=O) groups is 3. The fourth-order valence-corrected chi connectivity index (χ4v) is 3.20. The van der Waals surface area contributed by atoms with Crippen molar-refractivity contribution < 1.29 is 23.9 Å². The molecule has 6 heteroatoms. The Balaban J connectivity index is 1.72. The zero-order valence-corrected chi connectivity index (χ0v) is 15.3. The van der Waals surface area contributed by atoms with E-state index in [-0.39, 0.29) is 6.54 Å². The molecule has 0 fully saturated rings. The van der Waals surface area contributed by atoms with Gasteiger partial charge in [-0.3, -0.25) is 4.79 Å². The van der Waals surface area contributed by atoms with E-state index in [2.05, 4.69) is 0 Å². The number of aryl methyl sites for hydroxylation is 1. The van der Waals surface area contributed by atoms with Gasteiger partial charge in [0.15, 0.2) is 6.61 Å². The molecule has 6 nitrogen and oxygen atoms in total. The highest BCUT2D eigenvalue weighted by atomic mass is 16.5. The lowest BCUT2D eigenvalue weighted by molar-refractivity contribution is -0.155. The molecular weight excluding hydrogens is 346 g/mol. The zero-order chi connectivity index (χ0) is 19.4. The Morgan fingerprint density at radius 3 is 2.52 bits per heavy atom. The van der Waals surface area contributed by atoms with Gasteiger partial charge in [0.25, 0.3) is 5.91 Å². The monoisotopic (exact) mass is 367 g/mol. The summed E-state index contributed by atoms with van der Waals surface area (Å²) in [6, 6.07) is 13.9. The van der Waals surface area contributed by atoms with E-state index in [1.807, 2.05) is 37.3 Å². The molecule has 140 valence electrons. The number of fused-ring (bicyclic) bond motifs is 1. The molecule has 3 rings (SSSR count). The fraction of sp³-hybridized carbons (Fsp3) is 0.286. The van der Waals surface area contributed by atoms with Gasteiger partial charge >= 0.3 is 11.9 Å². The van der Waals surface area contributed by atoms with Gasteiger partial charge in [0.1, 0.15) is 6.04 Å². The lowest BCUT2D eigenvalue weighted by Crippen LogP contribution is -2.50. The molecule has 0 spiro atoms. The van der Waals surface area contributed by atoms with Gasteiger partial charge in [0.05, 0.1) is 12.7 Å². The molecule has 2 aromatic rings. The van der Waals surface area contributed by atoms with Gasteiger partial charge in [-0.15, -0.1) is 0 Å². The Labute approximate surface area is 157 Å². The van der Waals surface area contributed by atoms with Gasteiger partial charge in [0.2, 0.25) is 0 Å². The number of methoxy groups -OCH3 is 1. The second kappa shape index (κ2) is 8.03. The van der Waals surface area contributed by atoms with E-state index >= 15 is 0 Å². The Kier molecular flexibility index (Phi) is 5.54. The molecule has 1 atom stereocenters. The van der Waals surface area contributed by atoms with E-state index in [9.17, 15) is 14.4 Å². The van der Waals surface area contributed by atoms with E-state index in [0.29, 0.717) is 12.0 Å². The van der Waals surface area contributed by atoms with E-state index in [4.69, 9.17) is 9.47 Å². The largest absolute Gasteiger partial charge is 0.467 e. The standard InChI is InChI=1S/C21H21NO5/c1-14-6-5-9-16(10-14)20(24)27-13-19(23)22-12-17-8-4-3-7-15(17)11-18(22)21(25)26-2/h3-10,18H,11-13H2,1-2H3/t18-/m1/s1. The molecule has 0 saturated heterocycles. The molecule has 1 aliphatic rings. The van der Waals surface area contributed by atoms with Crippen LogP contribution in [0.5, 0.6) is 0 Å². The van der Waals surface area contributed by atoms with Crippen LogP contribution in [0.3, 0.4) is 0 Å². The number of carbonyl (C=O) groups excluding carboxylic acids is 3. The lowest BCUT2D eigenvalue weighted by atomic mass is 9.94. The Morgan fingerprint density at radius 1 is 1.07 bits per heavy atom. The van der Waals surface area contributed by atoms with Crippen LogP contribution in [0.2, 0.25) is 0 Å². The molecule has 1 heterocycles. The molecule has 0 radical (unpaired) electrons. The molecule has 0 N–H and O–H groups in total. The highest BCUT2D eigenvalue weighted by molar-refractivity contribution is 5.92. The van der Waals surface area contributed by atoms with Gasteiger partial charge in [-0.1, -0.05) is 42.0 Å². The van der Waals surface area contributed by atoms with Crippen molar-refractivity contribution in [2.45, 2.75) is 25.9 Å². The first kappa shape index (κ1) is 18.6. The van der Waals surface area contributed by atoms with Crippen molar-refractivity contribution in [2.75, 3.05) is 13.7 Å². The van der Waals surface area contributed by atoms with Crippen LogP contribution in [-0.4, -0.2) is 42.5 Å².